The SMILES string of the molecule is CCCCOC(C)(CC)N=NC(C=O)CC. The van der Waals surface area contributed by atoms with Gasteiger partial charge in [0, 0.05) is 6.61 Å². The normalized spacial score (nSPS) is 17.2. The monoisotopic (exact) mass is 228 g/mol. The molecule has 0 fully saturated rings. The van der Waals surface area contributed by atoms with Gasteiger partial charge in [-0.2, -0.15) is 10.2 Å². The molecule has 0 aliphatic rings. The minimum absolute atomic E-state index is 0.333. The molecule has 4 heteroatoms. The van der Waals surface area contributed by atoms with Crippen molar-refractivity contribution in [3.8, 4) is 0 Å². The van der Waals surface area contributed by atoms with E-state index >= 15 is 0 Å². The molecule has 0 aliphatic heterocycles. The van der Waals surface area contributed by atoms with E-state index in [1.807, 2.05) is 20.8 Å². The van der Waals surface area contributed by atoms with Gasteiger partial charge in [0.05, 0.1) is 0 Å². The van der Waals surface area contributed by atoms with Crippen molar-refractivity contribution in [2.75, 3.05) is 6.61 Å². The summed E-state index contributed by atoms with van der Waals surface area (Å²) in [5, 5.41) is 8.17. The predicted molar refractivity (Wildman–Crippen MR) is 64.6 cm³/mol. The minimum Gasteiger partial charge on any atom is -0.352 e. The van der Waals surface area contributed by atoms with E-state index in [-0.39, 0.29) is 6.04 Å². The van der Waals surface area contributed by atoms with Gasteiger partial charge in [-0.05, 0) is 26.2 Å². The van der Waals surface area contributed by atoms with E-state index in [4.69, 9.17) is 4.74 Å². The van der Waals surface area contributed by atoms with Gasteiger partial charge in [0.25, 0.3) is 0 Å². The van der Waals surface area contributed by atoms with Crippen LogP contribution in [0.1, 0.15) is 53.4 Å². The van der Waals surface area contributed by atoms with Gasteiger partial charge in [-0.15, -0.1) is 0 Å². The van der Waals surface area contributed by atoms with Crippen LogP contribution in [0.5, 0.6) is 0 Å². The topological polar surface area (TPSA) is 51.0 Å². The Balaban J connectivity index is 4.27. The Morgan fingerprint density at radius 2 is 2.06 bits per heavy atom. The van der Waals surface area contributed by atoms with Crippen LogP contribution < -0.4 is 0 Å². The van der Waals surface area contributed by atoms with Crippen LogP contribution in [0.4, 0.5) is 0 Å². The lowest BCUT2D eigenvalue weighted by molar-refractivity contribution is -0.109. The van der Waals surface area contributed by atoms with Crippen molar-refractivity contribution in [2.24, 2.45) is 10.2 Å². The fourth-order valence-corrected chi connectivity index (χ4v) is 1.04. The third kappa shape index (κ3) is 5.95. The molecule has 0 aromatic rings. The summed E-state index contributed by atoms with van der Waals surface area (Å²) < 4.78 is 5.68. The van der Waals surface area contributed by atoms with Crippen molar-refractivity contribution >= 4 is 6.29 Å². The fourth-order valence-electron chi connectivity index (χ4n) is 1.04. The number of hydrogen-bond donors (Lipinski definition) is 0. The zero-order valence-electron chi connectivity index (χ0n) is 10.9. The molecule has 0 bridgehead atoms. The molecule has 0 saturated carbocycles. The van der Waals surface area contributed by atoms with E-state index in [9.17, 15) is 4.79 Å². The Bertz CT molecular complexity index is 219. The molecule has 0 heterocycles. The molecular formula is C12H24N2O2. The van der Waals surface area contributed by atoms with Crippen molar-refractivity contribution < 1.29 is 9.53 Å². The maximum atomic E-state index is 10.6. The van der Waals surface area contributed by atoms with Gasteiger partial charge in [0.1, 0.15) is 12.3 Å². The van der Waals surface area contributed by atoms with Crippen LogP contribution in [-0.4, -0.2) is 24.7 Å². The number of aldehydes is 1. The first-order chi connectivity index (χ1) is 7.61. The van der Waals surface area contributed by atoms with Crippen LogP contribution >= 0.6 is 0 Å². The number of rotatable bonds is 9. The number of carbonyl (C=O) groups excluding carboxylic acids is 1. The third-order valence-corrected chi connectivity index (χ3v) is 2.56. The van der Waals surface area contributed by atoms with Gasteiger partial charge in [-0.1, -0.05) is 27.2 Å². The van der Waals surface area contributed by atoms with Gasteiger partial charge in [-0.3, -0.25) is 0 Å². The maximum Gasteiger partial charge on any atom is 0.175 e. The van der Waals surface area contributed by atoms with Gasteiger partial charge in [0.15, 0.2) is 5.72 Å². The zero-order valence-corrected chi connectivity index (χ0v) is 10.9. The van der Waals surface area contributed by atoms with Crippen LogP contribution in [-0.2, 0) is 9.53 Å². The lowest BCUT2D eigenvalue weighted by atomic mass is 10.2. The first-order valence-corrected chi connectivity index (χ1v) is 6.13. The Morgan fingerprint density at radius 3 is 2.50 bits per heavy atom. The van der Waals surface area contributed by atoms with Crippen LogP contribution in [0.15, 0.2) is 10.2 Å². The molecule has 16 heavy (non-hydrogen) atoms. The Hall–Kier alpha value is -0.770. The van der Waals surface area contributed by atoms with E-state index in [2.05, 4.69) is 17.2 Å². The quantitative estimate of drug-likeness (QED) is 0.345. The van der Waals surface area contributed by atoms with Crippen LogP contribution in [0.2, 0.25) is 0 Å². The zero-order chi connectivity index (χ0) is 12.4. The molecule has 2 unspecified atom stereocenters. The molecule has 0 amide bonds. The molecule has 94 valence electrons. The van der Waals surface area contributed by atoms with Crippen LogP contribution in [0.3, 0.4) is 0 Å². The molecule has 0 N–H and O–H groups in total. The fraction of sp³-hybridized carbons (Fsp3) is 0.917. The summed E-state index contributed by atoms with van der Waals surface area (Å²) in [6, 6.07) is -0.333. The highest BCUT2D eigenvalue weighted by Crippen LogP contribution is 2.18. The molecule has 0 aliphatic carbocycles. The largest absolute Gasteiger partial charge is 0.352 e. The van der Waals surface area contributed by atoms with E-state index in [1.165, 1.54) is 0 Å². The summed E-state index contributed by atoms with van der Waals surface area (Å²) in [6.45, 7) is 8.64. The van der Waals surface area contributed by atoms with E-state index in [0.29, 0.717) is 13.0 Å². The van der Waals surface area contributed by atoms with Gasteiger partial charge >= 0.3 is 0 Å². The first kappa shape index (κ1) is 15.2. The first-order valence-electron chi connectivity index (χ1n) is 6.13. The summed E-state index contributed by atoms with van der Waals surface area (Å²) in [7, 11) is 0. The summed E-state index contributed by atoms with van der Waals surface area (Å²) in [5.41, 5.74) is -0.578. The molecule has 0 saturated heterocycles. The highest BCUT2D eigenvalue weighted by molar-refractivity contribution is 5.57. The molecule has 0 radical (unpaired) electrons. The standard InChI is InChI=1S/C12H24N2O2/c1-5-8-9-16-12(4,7-3)14-13-11(6-2)10-15/h10-11H,5-9H2,1-4H3. The summed E-state index contributed by atoms with van der Waals surface area (Å²) in [4.78, 5) is 10.6. The van der Waals surface area contributed by atoms with Crippen LogP contribution in [0.25, 0.3) is 0 Å². The van der Waals surface area contributed by atoms with Crippen molar-refractivity contribution in [1.29, 1.82) is 0 Å². The van der Waals surface area contributed by atoms with Crippen molar-refractivity contribution in [1.82, 2.24) is 0 Å². The lowest BCUT2D eigenvalue weighted by Gasteiger charge is -2.23. The average Bonchev–Trinajstić information content (AvgIpc) is 2.31. The van der Waals surface area contributed by atoms with E-state index < -0.39 is 5.72 Å². The van der Waals surface area contributed by atoms with Crippen molar-refractivity contribution in [2.45, 2.75) is 65.1 Å². The van der Waals surface area contributed by atoms with Gasteiger partial charge in [-0.25, -0.2) is 0 Å². The minimum atomic E-state index is -0.578. The highest BCUT2D eigenvalue weighted by Gasteiger charge is 2.22. The number of ether oxygens (including phenoxy) is 1. The second kappa shape index (κ2) is 8.39. The van der Waals surface area contributed by atoms with Crippen molar-refractivity contribution in [3.63, 3.8) is 0 Å². The van der Waals surface area contributed by atoms with Crippen LogP contribution in [0, 0.1) is 0 Å². The second-order valence-corrected chi connectivity index (χ2v) is 4.06. The maximum absolute atomic E-state index is 10.6. The number of unbranched alkanes of at least 4 members (excludes halogenated alkanes) is 1. The molecule has 0 aromatic carbocycles. The molecule has 4 nitrogen and oxygen atoms in total. The van der Waals surface area contributed by atoms with E-state index in [1.54, 1.807) is 0 Å². The van der Waals surface area contributed by atoms with Gasteiger partial charge in [0.2, 0.25) is 0 Å². The number of carbonyl (C=O) groups is 1. The third-order valence-electron chi connectivity index (χ3n) is 2.56. The lowest BCUT2D eigenvalue weighted by Crippen LogP contribution is -2.26. The highest BCUT2D eigenvalue weighted by atomic mass is 16.5. The number of azo groups is 1. The van der Waals surface area contributed by atoms with Gasteiger partial charge < -0.3 is 9.53 Å². The molecule has 0 spiro atoms. The summed E-state index contributed by atoms with van der Waals surface area (Å²) in [5.74, 6) is 0. The van der Waals surface area contributed by atoms with E-state index in [0.717, 1.165) is 25.5 Å². The average molecular weight is 228 g/mol. The smallest absolute Gasteiger partial charge is 0.175 e. The molecular weight excluding hydrogens is 204 g/mol. The Labute approximate surface area is 98.5 Å². The summed E-state index contributed by atoms with van der Waals surface area (Å²) in [6.07, 6.45) is 4.39. The number of hydrogen-bond acceptors (Lipinski definition) is 4. The Kier molecular flexibility index (Phi) is 7.99. The number of nitrogens with zero attached hydrogens (tertiary/aromatic N) is 2. The van der Waals surface area contributed by atoms with Crippen molar-refractivity contribution in [3.05, 3.63) is 0 Å². The molecule has 0 rings (SSSR count). The Morgan fingerprint density at radius 1 is 1.38 bits per heavy atom. The molecule has 2 atom stereocenters. The second-order valence-electron chi connectivity index (χ2n) is 4.06. The predicted octanol–water partition coefficient (Wildman–Crippen LogP) is 3.36. The summed E-state index contributed by atoms with van der Waals surface area (Å²) >= 11 is 0. The molecule has 0 aromatic heterocycles.